The monoisotopic (exact) mass is 538 g/mol. The molecule has 0 radical (unpaired) electrons. The molecule has 1 fully saturated rings. The standard InChI is InChI=1S/C27H31ClN6O2S/c1-18-11-13-23(14-12-18)37(35,36)30-16-15-29-26-24-19(2)33-34(22-10-6-9-21(28)17-22)27(24)32-25(31-26)20-7-4-3-5-8-20/h6,9-14,17,20,30H,3-5,7-8,15-16H2,1-2H3,(H,29,31,32). The number of sulfonamides is 1. The van der Waals surface area contributed by atoms with Gasteiger partial charge in [0, 0.05) is 24.0 Å². The van der Waals surface area contributed by atoms with Gasteiger partial charge in [0.1, 0.15) is 11.6 Å². The number of halogens is 1. The second-order valence-electron chi connectivity index (χ2n) is 9.58. The van der Waals surface area contributed by atoms with Crippen molar-refractivity contribution in [3.63, 3.8) is 0 Å². The summed E-state index contributed by atoms with van der Waals surface area (Å²) >= 11 is 6.27. The third-order valence-electron chi connectivity index (χ3n) is 6.78. The van der Waals surface area contributed by atoms with Gasteiger partial charge in [-0.25, -0.2) is 27.8 Å². The molecule has 194 valence electrons. The number of nitrogens with one attached hydrogen (secondary N) is 2. The third kappa shape index (κ3) is 5.63. The molecule has 8 nitrogen and oxygen atoms in total. The van der Waals surface area contributed by atoms with Crippen LogP contribution >= 0.6 is 11.6 Å². The highest BCUT2D eigenvalue weighted by Crippen LogP contribution is 2.34. The summed E-state index contributed by atoms with van der Waals surface area (Å²) in [6.07, 6.45) is 5.70. The van der Waals surface area contributed by atoms with Gasteiger partial charge in [0.25, 0.3) is 0 Å². The molecular weight excluding hydrogens is 508 g/mol. The van der Waals surface area contributed by atoms with Crippen LogP contribution < -0.4 is 10.0 Å². The zero-order chi connectivity index (χ0) is 26.0. The molecule has 5 rings (SSSR count). The maximum atomic E-state index is 12.7. The maximum Gasteiger partial charge on any atom is 0.240 e. The van der Waals surface area contributed by atoms with E-state index >= 15 is 0 Å². The van der Waals surface area contributed by atoms with Gasteiger partial charge in [0.05, 0.1) is 21.7 Å². The molecule has 0 atom stereocenters. The third-order valence-corrected chi connectivity index (χ3v) is 8.50. The maximum absolute atomic E-state index is 12.7. The largest absolute Gasteiger partial charge is 0.368 e. The highest BCUT2D eigenvalue weighted by atomic mass is 35.5. The fourth-order valence-corrected chi connectivity index (χ4v) is 6.04. The SMILES string of the molecule is Cc1ccc(S(=O)(=O)NCCNc2nc(C3CCCCC3)nc3c2c(C)nn3-c2cccc(Cl)c2)cc1. The van der Waals surface area contributed by atoms with E-state index in [9.17, 15) is 8.42 Å². The van der Waals surface area contributed by atoms with Crippen LogP contribution in [0.2, 0.25) is 5.02 Å². The van der Waals surface area contributed by atoms with E-state index < -0.39 is 10.0 Å². The number of hydrogen-bond donors (Lipinski definition) is 2. The number of fused-ring (bicyclic) bond motifs is 1. The molecule has 0 saturated heterocycles. The van der Waals surface area contributed by atoms with Gasteiger partial charge in [-0.3, -0.25) is 0 Å². The predicted molar refractivity (Wildman–Crippen MR) is 147 cm³/mol. The van der Waals surface area contributed by atoms with Gasteiger partial charge in [-0.05, 0) is 57.0 Å². The highest BCUT2D eigenvalue weighted by Gasteiger charge is 2.23. The Morgan fingerprint density at radius 2 is 1.76 bits per heavy atom. The first-order chi connectivity index (χ1) is 17.8. The number of aromatic nitrogens is 4. The van der Waals surface area contributed by atoms with E-state index in [0.29, 0.717) is 23.3 Å². The van der Waals surface area contributed by atoms with Crippen LogP contribution in [0.5, 0.6) is 0 Å². The normalized spacial score (nSPS) is 14.8. The summed E-state index contributed by atoms with van der Waals surface area (Å²) in [6, 6.07) is 14.3. The summed E-state index contributed by atoms with van der Waals surface area (Å²) in [4.78, 5) is 10.2. The van der Waals surface area contributed by atoms with Crippen LogP contribution in [0.25, 0.3) is 16.7 Å². The molecule has 0 aliphatic heterocycles. The first kappa shape index (κ1) is 25.6. The van der Waals surface area contributed by atoms with Gasteiger partial charge >= 0.3 is 0 Å². The Hall–Kier alpha value is -3.01. The van der Waals surface area contributed by atoms with Gasteiger partial charge in [0.2, 0.25) is 10.0 Å². The van der Waals surface area contributed by atoms with E-state index in [1.807, 2.05) is 42.8 Å². The van der Waals surface area contributed by atoms with E-state index in [0.717, 1.165) is 46.6 Å². The number of aryl methyl sites for hydroxylation is 2. The zero-order valence-corrected chi connectivity index (χ0v) is 22.6. The lowest BCUT2D eigenvalue weighted by Gasteiger charge is -2.21. The van der Waals surface area contributed by atoms with Crippen molar-refractivity contribution >= 4 is 38.5 Å². The van der Waals surface area contributed by atoms with Crippen LogP contribution in [0.1, 0.15) is 55.1 Å². The average Bonchev–Trinajstić information content (AvgIpc) is 3.24. The van der Waals surface area contributed by atoms with Crippen molar-refractivity contribution in [2.24, 2.45) is 0 Å². The van der Waals surface area contributed by atoms with E-state index in [2.05, 4.69) is 10.0 Å². The van der Waals surface area contributed by atoms with Gasteiger partial charge in [-0.15, -0.1) is 0 Å². The predicted octanol–water partition coefficient (Wildman–Crippen LogP) is 5.52. The number of benzene rings is 2. The number of anilines is 1. The fourth-order valence-electron chi connectivity index (χ4n) is 4.83. The molecule has 10 heteroatoms. The second kappa shape index (κ2) is 10.8. The van der Waals surface area contributed by atoms with Crippen molar-refractivity contribution < 1.29 is 8.42 Å². The van der Waals surface area contributed by atoms with Crippen LogP contribution in [0.15, 0.2) is 53.4 Å². The van der Waals surface area contributed by atoms with E-state index in [-0.39, 0.29) is 11.4 Å². The Kier molecular flexibility index (Phi) is 7.46. The molecule has 4 aromatic rings. The summed E-state index contributed by atoms with van der Waals surface area (Å²) in [5.74, 6) is 1.77. The lowest BCUT2D eigenvalue weighted by atomic mass is 9.88. The van der Waals surface area contributed by atoms with Gasteiger partial charge in [0.15, 0.2) is 5.65 Å². The Bertz CT molecular complexity index is 1510. The Labute approximate surface area is 222 Å². The van der Waals surface area contributed by atoms with Crippen LogP contribution in [-0.4, -0.2) is 41.3 Å². The van der Waals surface area contributed by atoms with Crippen LogP contribution in [0.4, 0.5) is 5.82 Å². The Morgan fingerprint density at radius 1 is 1.00 bits per heavy atom. The number of nitrogens with zero attached hydrogens (tertiary/aromatic N) is 4. The molecule has 2 N–H and O–H groups in total. The van der Waals surface area contributed by atoms with E-state index in [1.165, 1.54) is 19.3 Å². The van der Waals surface area contributed by atoms with E-state index in [4.69, 9.17) is 26.7 Å². The van der Waals surface area contributed by atoms with Gasteiger partial charge in [-0.2, -0.15) is 5.10 Å². The molecule has 2 aromatic carbocycles. The molecule has 37 heavy (non-hydrogen) atoms. The van der Waals surface area contributed by atoms with Crippen molar-refractivity contribution in [3.8, 4) is 5.69 Å². The summed E-state index contributed by atoms with van der Waals surface area (Å²) in [7, 11) is -3.60. The quantitative estimate of drug-likeness (QED) is 0.286. The molecule has 1 aliphatic rings. The summed E-state index contributed by atoms with van der Waals surface area (Å²) in [5, 5.41) is 9.57. The molecule has 0 unspecified atom stereocenters. The highest BCUT2D eigenvalue weighted by molar-refractivity contribution is 7.89. The van der Waals surface area contributed by atoms with Gasteiger partial charge < -0.3 is 5.32 Å². The van der Waals surface area contributed by atoms with Gasteiger partial charge in [-0.1, -0.05) is 54.6 Å². The minimum Gasteiger partial charge on any atom is -0.368 e. The van der Waals surface area contributed by atoms with E-state index in [1.54, 1.807) is 24.3 Å². The summed E-state index contributed by atoms with van der Waals surface area (Å²) < 4.78 is 29.9. The molecule has 1 saturated carbocycles. The second-order valence-corrected chi connectivity index (χ2v) is 11.8. The van der Waals surface area contributed by atoms with Crippen LogP contribution in [0.3, 0.4) is 0 Å². The van der Waals surface area contributed by atoms with Crippen molar-refractivity contribution in [1.29, 1.82) is 0 Å². The zero-order valence-electron chi connectivity index (χ0n) is 21.0. The van der Waals surface area contributed by atoms with Crippen molar-refractivity contribution in [2.75, 3.05) is 18.4 Å². The van der Waals surface area contributed by atoms with Crippen LogP contribution in [0, 0.1) is 13.8 Å². The fraction of sp³-hybridized carbons (Fsp3) is 0.370. The topological polar surface area (TPSA) is 102 Å². The van der Waals surface area contributed by atoms with Crippen LogP contribution in [-0.2, 0) is 10.0 Å². The van der Waals surface area contributed by atoms with Crippen molar-refractivity contribution in [2.45, 2.75) is 56.8 Å². The first-order valence-corrected chi connectivity index (χ1v) is 14.5. The summed E-state index contributed by atoms with van der Waals surface area (Å²) in [5.41, 5.74) is 3.34. The molecule has 0 amide bonds. The smallest absolute Gasteiger partial charge is 0.240 e. The lowest BCUT2D eigenvalue weighted by Crippen LogP contribution is -2.29. The summed E-state index contributed by atoms with van der Waals surface area (Å²) in [6.45, 7) is 4.43. The number of rotatable bonds is 8. The minimum absolute atomic E-state index is 0.210. The molecule has 2 heterocycles. The average molecular weight is 539 g/mol. The Balaban J connectivity index is 1.44. The van der Waals surface area contributed by atoms with Crippen molar-refractivity contribution in [1.82, 2.24) is 24.5 Å². The molecule has 2 aromatic heterocycles. The molecule has 1 aliphatic carbocycles. The molecular formula is C27H31ClN6O2S. The minimum atomic E-state index is -3.60. The molecule has 0 bridgehead atoms. The number of hydrogen-bond acceptors (Lipinski definition) is 6. The van der Waals surface area contributed by atoms with Crippen molar-refractivity contribution in [3.05, 3.63) is 70.6 Å². The Morgan fingerprint density at radius 3 is 2.49 bits per heavy atom. The lowest BCUT2D eigenvalue weighted by molar-refractivity contribution is 0.429. The first-order valence-electron chi connectivity index (χ1n) is 12.7. The molecule has 0 spiro atoms.